The Morgan fingerprint density at radius 2 is 2.28 bits per heavy atom. The first-order valence-corrected chi connectivity index (χ1v) is 9.15. The van der Waals surface area contributed by atoms with Gasteiger partial charge < -0.3 is 19.4 Å². The lowest BCUT2D eigenvalue weighted by Crippen LogP contribution is -2.40. The number of aromatic amines is 1. The number of hydrogen-bond donors (Lipinski definition) is 1. The molecule has 3 rings (SSSR count). The summed E-state index contributed by atoms with van der Waals surface area (Å²) in [5.41, 5.74) is 1.73. The predicted molar refractivity (Wildman–Crippen MR) is 98.8 cm³/mol. The molecule has 2 aromatic rings. The second-order valence-electron chi connectivity index (χ2n) is 7.24. The lowest BCUT2D eigenvalue weighted by atomic mass is 9.96. The summed E-state index contributed by atoms with van der Waals surface area (Å²) in [6, 6.07) is 1.88. The Morgan fingerprint density at radius 1 is 1.44 bits per heavy atom. The van der Waals surface area contributed by atoms with Crippen LogP contribution < -0.4 is 0 Å². The third kappa shape index (κ3) is 4.12. The topological polar surface area (TPSA) is 57.2 Å². The number of nitrogens with zero attached hydrogens (tertiary/aromatic N) is 4. The Kier molecular flexibility index (Phi) is 5.58. The average Bonchev–Trinajstić information content (AvgIpc) is 3.23. The third-order valence-corrected chi connectivity index (χ3v) is 5.01. The van der Waals surface area contributed by atoms with E-state index >= 15 is 0 Å². The fraction of sp³-hybridized carbons (Fsp3) is 0.579. The second-order valence-corrected chi connectivity index (χ2v) is 7.24. The van der Waals surface area contributed by atoms with Crippen molar-refractivity contribution in [3.05, 3.63) is 41.7 Å². The lowest BCUT2D eigenvalue weighted by Gasteiger charge is -2.32. The molecule has 25 heavy (non-hydrogen) atoms. The zero-order chi connectivity index (χ0) is 17.8. The van der Waals surface area contributed by atoms with E-state index in [0.717, 1.165) is 62.5 Å². The fourth-order valence-electron chi connectivity index (χ4n) is 3.65. The minimum Gasteiger partial charge on any atom is -0.365 e. The molecule has 0 radical (unpaired) electrons. The Morgan fingerprint density at radius 3 is 3.00 bits per heavy atom. The van der Waals surface area contributed by atoms with Crippen molar-refractivity contribution in [2.24, 2.45) is 0 Å². The first-order chi connectivity index (χ1) is 12.1. The van der Waals surface area contributed by atoms with Gasteiger partial charge >= 0.3 is 0 Å². The molecule has 0 spiro atoms. The van der Waals surface area contributed by atoms with Crippen molar-refractivity contribution in [2.45, 2.75) is 38.6 Å². The van der Waals surface area contributed by atoms with Gasteiger partial charge in [-0.25, -0.2) is 4.98 Å². The van der Waals surface area contributed by atoms with E-state index in [1.807, 2.05) is 30.3 Å². The van der Waals surface area contributed by atoms with Gasteiger partial charge in [0.25, 0.3) is 5.91 Å². The van der Waals surface area contributed by atoms with Gasteiger partial charge in [0.15, 0.2) is 0 Å². The smallest absolute Gasteiger partial charge is 0.255 e. The van der Waals surface area contributed by atoms with Gasteiger partial charge in [-0.15, -0.1) is 0 Å². The molecule has 6 heteroatoms. The van der Waals surface area contributed by atoms with Gasteiger partial charge in [0, 0.05) is 49.8 Å². The third-order valence-electron chi connectivity index (χ3n) is 5.01. The minimum absolute atomic E-state index is 0.133. The zero-order valence-corrected chi connectivity index (χ0v) is 15.5. The summed E-state index contributed by atoms with van der Waals surface area (Å²) >= 11 is 0. The number of H-pyrrole nitrogens is 1. The second kappa shape index (κ2) is 7.87. The van der Waals surface area contributed by atoms with Crippen molar-refractivity contribution in [3.8, 4) is 0 Å². The first-order valence-electron chi connectivity index (χ1n) is 9.15. The molecule has 0 aromatic carbocycles. The summed E-state index contributed by atoms with van der Waals surface area (Å²) in [6.45, 7) is 5.59. The molecular formula is C19H29N5O. The molecule has 1 unspecified atom stereocenters. The normalized spacial score (nSPS) is 18.1. The van der Waals surface area contributed by atoms with E-state index < -0.39 is 0 Å². The van der Waals surface area contributed by atoms with Crippen LogP contribution in [0.15, 0.2) is 24.7 Å². The van der Waals surface area contributed by atoms with E-state index in [9.17, 15) is 4.79 Å². The van der Waals surface area contributed by atoms with Crippen molar-refractivity contribution in [3.63, 3.8) is 0 Å². The number of rotatable bonds is 6. The van der Waals surface area contributed by atoms with E-state index in [4.69, 9.17) is 0 Å². The van der Waals surface area contributed by atoms with Gasteiger partial charge in [-0.05, 0) is 52.9 Å². The number of amides is 1. The predicted octanol–water partition coefficient (Wildman–Crippen LogP) is 2.49. The van der Waals surface area contributed by atoms with Crippen molar-refractivity contribution >= 4 is 5.91 Å². The molecular weight excluding hydrogens is 314 g/mol. The van der Waals surface area contributed by atoms with Crippen molar-refractivity contribution < 1.29 is 4.79 Å². The number of imidazole rings is 1. The summed E-state index contributed by atoms with van der Waals surface area (Å²) in [7, 11) is 4.20. The number of carbonyl (C=O) groups excluding carboxylic acids is 1. The summed E-state index contributed by atoms with van der Waals surface area (Å²) in [4.78, 5) is 24.7. The van der Waals surface area contributed by atoms with Crippen LogP contribution in [0, 0.1) is 6.92 Å². The standard InChI is InChI=1S/C19H29N5O/c1-15-17(7-8-20-15)19(25)24-11-4-6-16(14-24)18-21-9-13-23(18)12-5-10-22(2)3/h7-9,13,16,20H,4-6,10-12,14H2,1-3H3. The molecule has 1 atom stereocenters. The van der Waals surface area contributed by atoms with Crippen molar-refractivity contribution in [1.82, 2.24) is 24.3 Å². The summed E-state index contributed by atoms with van der Waals surface area (Å²) < 4.78 is 2.27. The number of nitrogens with one attached hydrogen (secondary N) is 1. The molecule has 3 heterocycles. The number of carbonyl (C=O) groups is 1. The highest BCUT2D eigenvalue weighted by Gasteiger charge is 2.28. The molecule has 6 nitrogen and oxygen atoms in total. The maximum absolute atomic E-state index is 12.8. The first kappa shape index (κ1) is 17.7. The molecule has 1 aliphatic rings. The number of hydrogen-bond acceptors (Lipinski definition) is 3. The van der Waals surface area contributed by atoms with Crippen LogP contribution in [0.4, 0.5) is 0 Å². The number of aromatic nitrogens is 3. The van der Waals surface area contributed by atoms with Gasteiger partial charge in [-0.1, -0.05) is 0 Å². The zero-order valence-electron chi connectivity index (χ0n) is 15.5. The number of likely N-dealkylation sites (tertiary alicyclic amines) is 1. The Balaban J connectivity index is 1.67. The molecule has 0 saturated carbocycles. The maximum atomic E-state index is 12.8. The molecule has 136 valence electrons. The number of piperidine rings is 1. The molecule has 2 aromatic heterocycles. The van der Waals surface area contributed by atoms with Crippen LogP contribution in [0.5, 0.6) is 0 Å². The molecule has 1 fully saturated rings. The van der Waals surface area contributed by atoms with E-state index in [0.29, 0.717) is 5.92 Å². The summed E-state index contributed by atoms with van der Waals surface area (Å²) in [5.74, 6) is 1.59. The molecule has 0 aliphatic carbocycles. The van der Waals surface area contributed by atoms with Crippen LogP contribution in [0.1, 0.15) is 47.1 Å². The highest BCUT2D eigenvalue weighted by molar-refractivity contribution is 5.95. The van der Waals surface area contributed by atoms with Gasteiger partial charge in [-0.3, -0.25) is 4.79 Å². The summed E-state index contributed by atoms with van der Waals surface area (Å²) in [6.07, 6.45) is 9.03. The Labute approximate surface area is 149 Å². The van der Waals surface area contributed by atoms with E-state index in [2.05, 4.69) is 39.7 Å². The quantitative estimate of drug-likeness (QED) is 0.877. The molecule has 1 saturated heterocycles. The SMILES string of the molecule is Cc1[nH]ccc1C(=O)N1CCCC(c2nccn2CCCN(C)C)C1. The maximum Gasteiger partial charge on any atom is 0.255 e. The highest BCUT2D eigenvalue weighted by Crippen LogP contribution is 2.27. The minimum atomic E-state index is 0.133. The van der Waals surface area contributed by atoms with Crippen LogP contribution >= 0.6 is 0 Å². The van der Waals surface area contributed by atoms with Crippen LogP contribution in [0.2, 0.25) is 0 Å². The van der Waals surface area contributed by atoms with Crippen LogP contribution in [0.3, 0.4) is 0 Å². The summed E-state index contributed by atoms with van der Waals surface area (Å²) in [5, 5.41) is 0. The van der Waals surface area contributed by atoms with Crippen LogP contribution in [-0.4, -0.2) is 64.0 Å². The molecule has 1 aliphatic heterocycles. The van der Waals surface area contributed by atoms with E-state index in [-0.39, 0.29) is 5.91 Å². The number of aryl methyl sites for hydroxylation is 2. The Bertz CT molecular complexity index is 702. The van der Waals surface area contributed by atoms with Crippen molar-refractivity contribution in [1.29, 1.82) is 0 Å². The van der Waals surface area contributed by atoms with Gasteiger partial charge in [0.2, 0.25) is 0 Å². The molecule has 1 amide bonds. The average molecular weight is 343 g/mol. The molecule has 0 bridgehead atoms. The van der Waals surface area contributed by atoms with Gasteiger partial charge in [-0.2, -0.15) is 0 Å². The van der Waals surface area contributed by atoms with Crippen molar-refractivity contribution in [2.75, 3.05) is 33.7 Å². The van der Waals surface area contributed by atoms with Gasteiger partial charge in [0.1, 0.15) is 5.82 Å². The van der Waals surface area contributed by atoms with Gasteiger partial charge in [0.05, 0.1) is 5.56 Å². The molecule has 1 N–H and O–H groups in total. The van der Waals surface area contributed by atoms with Crippen LogP contribution in [-0.2, 0) is 6.54 Å². The van der Waals surface area contributed by atoms with E-state index in [1.165, 1.54) is 0 Å². The fourth-order valence-corrected chi connectivity index (χ4v) is 3.65. The lowest BCUT2D eigenvalue weighted by molar-refractivity contribution is 0.0702. The van der Waals surface area contributed by atoms with Crippen LogP contribution in [0.25, 0.3) is 0 Å². The largest absolute Gasteiger partial charge is 0.365 e. The Hall–Kier alpha value is -2.08. The monoisotopic (exact) mass is 343 g/mol. The van der Waals surface area contributed by atoms with E-state index in [1.54, 1.807) is 0 Å². The highest BCUT2D eigenvalue weighted by atomic mass is 16.2.